The number of carbonyl (C=O) groups excluding carboxylic acids is 1. The Morgan fingerprint density at radius 2 is 1.86 bits per heavy atom. The highest BCUT2D eigenvalue weighted by molar-refractivity contribution is 7.89. The number of aryl methyl sites for hydroxylation is 1. The predicted molar refractivity (Wildman–Crippen MR) is 92.6 cm³/mol. The molecule has 0 aliphatic carbocycles. The molecule has 0 aromatic carbocycles. The molecule has 29 heavy (non-hydrogen) atoms. The zero-order valence-corrected chi connectivity index (χ0v) is 16.2. The van der Waals surface area contributed by atoms with Crippen molar-refractivity contribution < 1.29 is 35.2 Å². The molecule has 0 fully saturated rings. The highest BCUT2D eigenvalue weighted by Gasteiger charge is 2.40. The second kappa shape index (κ2) is 7.37. The van der Waals surface area contributed by atoms with Gasteiger partial charge in [-0.1, -0.05) is 0 Å². The molecule has 0 aliphatic rings. The van der Waals surface area contributed by atoms with Crippen LogP contribution in [-0.2, 0) is 23.0 Å². The SMILES string of the molecule is C[C@@H](NS(=O)(=O)c1cn(C)c(C(N)=O)c1-c1ccnc(C(C)(F)F)c1)C(F)(F)F. The third-order valence-electron chi connectivity index (χ3n) is 3.99. The summed E-state index contributed by atoms with van der Waals surface area (Å²) in [6, 6.07) is -0.456. The molecule has 0 spiro atoms. The standard InChI is InChI=1S/C16H17F5N4O3S/c1-8(16(19,20)21)24-29(27,28)10-7-25(3)13(14(22)26)12(10)9-4-5-23-11(6-9)15(2,17)18/h4-8,24H,1-3H3,(H2,22,26)/t8-/m1/s1. The minimum atomic E-state index is -4.87. The molecular weight excluding hydrogens is 423 g/mol. The Kier molecular flexibility index (Phi) is 5.78. The van der Waals surface area contributed by atoms with Crippen LogP contribution in [0.25, 0.3) is 11.1 Å². The van der Waals surface area contributed by atoms with Crippen LogP contribution in [0, 0.1) is 0 Å². The van der Waals surface area contributed by atoms with Crippen LogP contribution in [0.5, 0.6) is 0 Å². The monoisotopic (exact) mass is 440 g/mol. The van der Waals surface area contributed by atoms with E-state index < -0.39 is 50.2 Å². The van der Waals surface area contributed by atoms with E-state index in [0.29, 0.717) is 13.8 Å². The Labute approximate surface area is 162 Å². The quantitative estimate of drug-likeness (QED) is 0.673. The number of hydrogen-bond donors (Lipinski definition) is 2. The molecule has 2 aromatic heterocycles. The average Bonchev–Trinajstić information content (AvgIpc) is 2.91. The topological polar surface area (TPSA) is 107 Å². The number of halogens is 5. The molecule has 0 radical (unpaired) electrons. The smallest absolute Gasteiger partial charge is 0.364 e. The van der Waals surface area contributed by atoms with E-state index in [1.54, 1.807) is 0 Å². The van der Waals surface area contributed by atoms with E-state index in [2.05, 4.69) is 4.98 Å². The summed E-state index contributed by atoms with van der Waals surface area (Å²) >= 11 is 0. The van der Waals surface area contributed by atoms with Crippen LogP contribution in [-0.4, -0.2) is 36.1 Å². The summed E-state index contributed by atoms with van der Waals surface area (Å²) in [7, 11) is -3.57. The van der Waals surface area contributed by atoms with E-state index in [9.17, 15) is 35.2 Å². The van der Waals surface area contributed by atoms with E-state index in [-0.39, 0.29) is 11.3 Å². The molecule has 1 amide bonds. The molecular formula is C16H17F5N4O3S. The number of carbonyl (C=O) groups is 1. The van der Waals surface area contributed by atoms with Gasteiger partial charge in [-0.25, -0.2) is 8.42 Å². The van der Waals surface area contributed by atoms with E-state index in [0.717, 1.165) is 29.1 Å². The Bertz CT molecular complexity index is 1040. The van der Waals surface area contributed by atoms with Gasteiger partial charge in [0.2, 0.25) is 10.0 Å². The van der Waals surface area contributed by atoms with Crippen LogP contribution in [0.4, 0.5) is 22.0 Å². The summed E-state index contributed by atoms with van der Waals surface area (Å²) < 4.78 is 93.4. The van der Waals surface area contributed by atoms with Crippen molar-refractivity contribution in [3.63, 3.8) is 0 Å². The number of nitrogens with one attached hydrogen (secondary N) is 1. The Balaban J connectivity index is 2.75. The largest absolute Gasteiger partial charge is 0.404 e. The van der Waals surface area contributed by atoms with Crippen molar-refractivity contribution in [1.82, 2.24) is 14.3 Å². The fourth-order valence-electron chi connectivity index (χ4n) is 2.57. The number of aromatic nitrogens is 2. The van der Waals surface area contributed by atoms with Gasteiger partial charge >= 0.3 is 6.18 Å². The molecule has 13 heteroatoms. The molecule has 1 atom stereocenters. The highest BCUT2D eigenvalue weighted by atomic mass is 32.2. The number of nitrogens with two attached hydrogens (primary N) is 1. The Morgan fingerprint density at radius 1 is 1.28 bits per heavy atom. The van der Waals surface area contributed by atoms with Gasteiger partial charge in [-0.05, 0) is 24.6 Å². The van der Waals surface area contributed by atoms with Crippen molar-refractivity contribution in [2.24, 2.45) is 12.8 Å². The second-order valence-corrected chi connectivity index (χ2v) is 8.08. The number of pyridine rings is 1. The molecule has 7 nitrogen and oxygen atoms in total. The van der Waals surface area contributed by atoms with Gasteiger partial charge in [-0.2, -0.15) is 26.7 Å². The fourth-order valence-corrected chi connectivity index (χ4v) is 4.07. The molecule has 160 valence electrons. The number of sulfonamides is 1. The molecule has 0 saturated heterocycles. The fraction of sp³-hybridized carbons (Fsp3) is 0.375. The number of hydrogen-bond acceptors (Lipinski definition) is 4. The molecule has 0 saturated carbocycles. The summed E-state index contributed by atoms with van der Waals surface area (Å²) in [5.41, 5.74) is 3.59. The highest BCUT2D eigenvalue weighted by Crippen LogP contribution is 2.35. The number of nitrogens with zero attached hydrogens (tertiary/aromatic N) is 2. The Morgan fingerprint density at radius 3 is 2.34 bits per heavy atom. The van der Waals surface area contributed by atoms with Gasteiger partial charge in [0.1, 0.15) is 22.3 Å². The van der Waals surface area contributed by atoms with Crippen LogP contribution < -0.4 is 10.5 Å². The molecule has 2 heterocycles. The molecule has 2 rings (SSSR count). The molecule has 0 bridgehead atoms. The second-order valence-electron chi connectivity index (χ2n) is 6.39. The van der Waals surface area contributed by atoms with Gasteiger partial charge in [0.15, 0.2) is 0 Å². The number of primary amides is 1. The molecule has 0 unspecified atom stereocenters. The third kappa shape index (κ3) is 4.72. The maximum Gasteiger partial charge on any atom is 0.404 e. The molecule has 0 aliphatic heterocycles. The zero-order valence-electron chi connectivity index (χ0n) is 15.4. The van der Waals surface area contributed by atoms with Gasteiger partial charge in [-0.15, -0.1) is 0 Å². The summed E-state index contributed by atoms with van der Waals surface area (Å²) in [5.74, 6) is -4.49. The molecule has 3 N–H and O–H groups in total. The Hall–Kier alpha value is -2.54. The molecule has 2 aromatic rings. The minimum absolute atomic E-state index is 0.175. The van der Waals surface area contributed by atoms with Crippen LogP contribution in [0.1, 0.15) is 30.0 Å². The maximum absolute atomic E-state index is 13.6. The first-order valence-corrected chi connectivity index (χ1v) is 9.47. The van der Waals surface area contributed by atoms with Crippen molar-refractivity contribution in [3.8, 4) is 11.1 Å². The van der Waals surface area contributed by atoms with Gasteiger partial charge in [0, 0.05) is 31.9 Å². The van der Waals surface area contributed by atoms with Crippen LogP contribution in [0.2, 0.25) is 0 Å². The van der Waals surface area contributed by atoms with Gasteiger partial charge in [0.25, 0.3) is 11.8 Å². The average molecular weight is 440 g/mol. The first-order chi connectivity index (χ1) is 13.1. The lowest BCUT2D eigenvalue weighted by molar-refractivity contribution is -0.147. The van der Waals surface area contributed by atoms with Gasteiger partial charge in [-0.3, -0.25) is 9.78 Å². The lowest BCUT2D eigenvalue weighted by atomic mass is 10.0. The van der Waals surface area contributed by atoms with Crippen LogP contribution >= 0.6 is 0 Å². The lowest BCUT2D eigenvalue weighted by Crippen LogP contribution is -2.43. The number of rotatable bonds is 6. The normalized spacial score (nSPS) is 14.1. The zero-order chi connectivity index (χ0) is 22.4. The predicted octanol–water partition coefficient (Wildman–Crippen LogP) is 2.53. The minimum Gasteiger partial charge on any atom is -0.364 e. The summed E-state index contributed by atoms with van der Waals surface area (Å²) in [5, 5.41) is 0. The summed E-state index contributed by atoms with van der Waals surface area (Å²) in [6.45, 7) is 1.15. The summed E-state index contributed by atoms with van der Waals surface area (Å²) in [4.78, 5) is 14.6. The van der Waals surface area contributed by atoms with Gasteiger partial charge < -0.3 is 10.3 Å². The number of alkyl halides is 5. The van der Waals surface area contributed by atoms with Crippen molar-refractivity contribution in [3.05, 3.63) is 35.9 Å². The first-order valence-electron chi connectivity index (χ1n) is 7.98. The lowest BCUT2D eigenvalue weighted by Gasteiger charge is -2.18. The van der Waals surface area contributed by atoms with E-state index >= 15 is 0 Å². The van der Waals surface area contributed by atoms with Crippen LogP contribution in [0.15, 0.2) is 29.4 Å². The third-order valence-corrected chi connectivity index (χ3v) is 5.54. The van der Waals surface area contributed by atoms with Crippen molar-refractivity contribution in [2.45, 2.75) is 36.9 Å². The first kappa shape index (κ1) is 22.7. The van der Waals surface area contributed by atoms with Gasteiger partial charge in [0.05, 0.1) is 0 Å². The van der Waals surface area contributed by atoms with E-state index in [1.165, 1.54) is 11.8 Å². The van der Waals surface area contributed by atoms with Crippen LogP contribution in [0.3, 0.4) is 0 Å². The summed E-state index contributed by atoms with van der Waals surface area (Å²) in [6.07, 6.45) is -3.03. The number of amides is 1. The van der Waals surface area contributed by atoms with E-state index in [4.69, 9.17) is 5.73 Å². The van der Waals surface area contributed by atoms with E-state index in [1.807, 2.05) is 0 Å². The van der Waals surface area contributed by atoms with Crippen molar-refractivity contribution in [2.75, 3.05) is 0 Å². The van der Waals surface area contributed by atoms with Crippen molar-refractivity contribution in [1.29, 1.82) is 0 Å². The maximum atomic E-state index is 13.6. The van der Waals surface area contributed by atoms with Crippen molar-refractivity contribution >= 4 is 15.9 Å².